The lowest BCUT2D eigenvalue weighted by molar-refractivity contribution is 0.724. The Balaban J connectivity index is 1.96. The Labute approximate surface area is 109 Å². The lowest BCUT2D eigenvalue weighted by Gasteiger charge is -2.01. The number of nitrogens with two attached hydrogens (primary N) is 1. The first-order chi connectivity index (χ1) is 8.72. The molecule has 0 atom stereocenters. The van der Waals surface area contributed by atoms with E-state index >= 15 is 0 Å². The summed E-state index contributed by atoms with van der Waals surface area (Å²) in [5.74, 6) is 0.812. The van der Waals surface area contributed by atoms with Gasteiger partial charge < -0.3 is 5.73 Å². The first-order valence-electron chi connectivity index (χ1n) is 6.56. The molecule has 0 fully saturated rings. The van der Waals surface area contributed by atoms with Crippen molar-refractivity contribution in [1.29, 1.82) is 0 Å². The second-order valence-electron chi connectivity index (χ2n) is 4.63. The number of nitrogens with zero attached hydrogens (tertiary/aromatic N) is 2. The molecule has 0 amide bonds. The molecule has 1 aromatic carbocycles. The molecule has 0 saturated heterocycles. The second-order valence-corrected chi connectivity index (χ2v) is 4.63. The van der Waals surface area contributed by atoms with E-state index in [1.54, 1.807) is 4.68 Å². The quantitative estimate of drug-likeness (QED) is 0.877. The molecular formula is C15H21N3. The molecule has 2 N–H and O–H groups in total. The number of rotatable bonds is 5. The molecule has 96 valence electrons. The normalized spacial score (nSPS) is 10.8. The van der Waals surface area contributed by atoms with Gasteiger partial charge in [-0.05, 0) is 31.2 Å². The van der Waals surface area contributed by atoms with Gasteiger partial charge in [0.15, 0.2) is 0 Å². The zero-order valence-electron chi connectivity index (χ0n) is 11.2. The van der Waals surface area contributed by atoms with Crippen LogP contribution in [-0.4, -0.2) is 9.78 Å². The van der Waals surface area contributed by atoms with Crippen LogP contribution in [0.25, 0.3) is 0 Å². The maximum Gasteiger partial charge on any atom is 0.124 e. The van der Waals surface area contributed by atoms with Crippen molar-refractivity contribution in [2.24, 2.45) is 7.05 Å². The zero-order valence-corrected chi connectivity index (χ0v) is 11.2. The van der Waals surface area contributed by atoms with Crippen molar-refractivity contribution in [3.63, 3.8) is 0 Å². The van der Waals surface area contributed by atoms with Gasteiger partial charge in [0.05, 0.1) is 5.69 Å². The highest BCUT2D eigenvalue weighted by Gasteiger charge is 2.11. The molecule has 3 heteroatoms. The fourth-order valence-electron chi connectivity index (χ4n) is 2.33. The zero-order chi connectivity index (χ0) is 13.0. The summed E-state index contributed by atoms with van der Waals surface area (Å²) in [7, 11) is 1.91. The number of hydrogen-bond acceptors (Lipinski definition) is 2. The van der Waals surface area contributed by atoms with E-state index in [9.17, 15) is 0 Å². The molecule has 0 aliphatic carbocycles. The predicted octanol–water partition coefficient (Wildman–Crippen LogP) is 2.74. The van der Waals surface area contributed by atoms with Gasteiger partial charge in [0.1, 0.15) is 5.82 Å². The van der Waals surface area contributed by atoms with Crippen molar-refractivity contribution >= 4 is 5.82 Å². The van der Waals surface area contributed by atoms with Gasteiger partial charge in [0.25, 0.3) is 0 Å². The third kappa shape index (κ3) is 2.73. The summed E-state index contributed by atoms with van der Waals surface area (Å²) in [4.78, 5) is 0. The number of hydrogen-bond donors (Lipinski definition) is 1. The minimum atomic E-state index is 0.812. The van der Waals surface area contributed by atoms with Crippen LogP contribution < -0.4 is 5.73 Å². The Hall–Kier alpha value is -1.77. The Morgan fingerprint density at radius 3 is 2.56 bits per heavy atom. The van der Waals surface area contributed by atoms with Crippen LogP contribution in [0.5, 0.6) is 0 Å². The summed E-state index contributed by atoms with van der Waals surface area (Å²) in [5.41, 5.74) is 9.76. The Kier molecular flexibility index (Phi) is 4.03. The van der Waals surface area contributed by atoms with Gasteiger partial charge >= 0.3 is 0 Å². The molecule has 0 aliphatic heterocycles. The van der Waals surface area contributed by atoms with Gasteiger partial charge in [-0.25, -0.2) is 0 Å². The van der Waals surface area contributed by atoms with Crippen LogP contribution in [-0.2, 0) is 26.3 Å². The SMILES string of the molecule is CCc1c(CCCc2ccccc2)nn(C)c1N. The smallest absolute Gasteiger partial charge is 0.124 e. The third-order valence-electron chi connectivity index (χ3n) is 3.35. The van der Waals surface area contributed by atoms with Crippen LogP contribution in [0, 0.1) is 0 Å². The third-order valence-corrected chi connectivity index (χ3v) is 3.35. The van der Waals surface area contributed by atoms with Gasteiger partial charge in [0.2, 0.25) is 0 Å². The van der Waals surface area contributed by atoms with Gasteiger partial charge in [-0.3, -0.25) is 4.68 Å². The standard InChI is InChI=1S/C15H21N3/c1-3-13-14(17-18(2)15(13)16)11-7-10-12-8-5-4-6-9-12/h4-6,8-9H,3,7,10-11,16H2,1-2H3. The summed E-state index contributed by atoms with van der Waals surface area (Å²) < 4.78 is 1.79. The average Bonchev–Trinajstić information content (AvgIpc) is 2.66. The monoisotopic (exact) mass is 243 g/mol. The molecule has 1 heterocycles. The van der Waals surface area contributed by atoms with E-state index in [2.05, 4.69) is 42.4 Å². The van der Waals surface area contributed by atoms with E-state index in [0.717, 1.165) is 37.2 Å². The van der Waals surface area contributed by atoms with E-state index in [1.165, 1.54) is 11.1 Å². The molecule has 18 heavy (non-hydrogen) atoms. The molecule has 0 aliphatic rings. The number of anilines is 1. The lowest BCUT2D eigenvalue weighted by atomic mass is 10.0. The summed E-state index contributed by atoms with van der Waals surface area (Å²) in [5, 5.41) is 4.50. The first kappa shape index (κ1) is 12.7. The van der Waals surface area contributed by atoms with E-state index in [-0.39, 0.29) is 0 Å². The minimum Gasteiger partial charge on any atom is -0.384 e. The van der Waals surface area contributed by atoms with Crippen molar-refractivity contribution < 1.29 is 0 Å². The van der Waals surface area contributed by atoms with Gasteiger partial charge in [-0.2, -0.15) is 5.10 Å². The highest BCUT2D eigenvalue weighted by Crippen LogP contribution is 2.18. The molecule has 2 rings (SSSR count). The molecule has 1 aromatic heterocycles. The molecule has 0 saturated carbocycles. The second kappa shape index (κ2) is 5.71. The Morgan fingerprint density at radius 1 is 1.17 bits per heavy atom. The summed E-state index contributed by atoms with van der Waals surface area (Å²) in [6.45, 7) is 2.13. The fraction of sp³-hybridized carbons (Fsp3) is 0.400. The summed E-state index contributed by atoms with van der Waals surface area (Å²) in [6.07, 6.45) is 4.18. The number of aryl methyl sites for hydroxylation is 3. The van der Waals surface area contributed by atoms with Crippen LogP contribution in [0.2, 0.25) is 0 Å². The maximum absolute atomic E-state index is 6.00. The van der Waals surface area contributed by atoms with E-state index in [4.69, 9.17) is 5.73 Å². The number of aromatic nitrogens is 2. The molecule has 0 spiro atoms. The van der Waals surface area contributed by atoms with Crippen molar-refractivity contribution in [3.8, 4) is 0 Å². The highest BCUT2D eigenvalue weighted by atomic mass is 15.3. The van der Waals surface area contributed by atoms with Crippen LogP contribution >= 0.6 is 0 Å². The van der Waals surface area contributed by atoms with Crippen molar-refractivity contribution in [2.45, 2.75) is 32.6 Å². The number of benzene rings is 1. The summed E-state index contributed by atoms with van der Waals surface area (Å²) in [6, 6.07) is 10.6. The Bertz CT molecular complexity index is 500. The van der Waals surface area contributed by atoms with Gasteiger partial charge in [0, 0.05) is 12.6 Å². The van der Waals surface area contributed by atoms with E-state index < -0.39 is 0 Å². The predicted molar refractivity (Wildman–Crippen MR) is 75.5 cm³/mol. The van der Waals surface area contributed by atoms with Crippen molar-refractivity contribution in [3.05, 3.63) is 47.2 Å². The largest absolute Gasteiger partial charge is 0.384 e. The van der Waals surface area contributed by atoms with E-state index in [0.29, 0.717) is 0 Å². The molecule has 0 radical (unpaired) electrons. The van der Waals surface area contributed by atoms with Crippen LogP contribution in [0.3, 0.4) is 0 Å². The topological polar surface area (TPSA) is 43.8 Å². The average molecular weight is 243 g/mol. The van der Waals surface area contributed by atoms with Gasteiger partial charge in [-0.15, -0.1) is 0 Å². The molecular weight excluding hydrogens is 222 g/mol. The van der Waals surface area contributed by atoms with Crippen LogP contribution in [0.1, 0.15) is 30.2 Å². The highest BCUT2D eigenvalue weighted by molar-refractivity contribution is 5.43. The number of nitrogen functional groups attached to an aromatic ring is 1. The van der Waals surface area contributed by atoms with Crippen molar-refractivity contribution in [1.82, 2.24) is 9.78 Å². The van der Waals surface area contributed by atoms with Crippen LogP contribution in [0.4, 0.5) is 5.82 Å². The Morgan fingerprint density at radius 2 is 1.89 bits per heavy atom. The van der Waals surface area contributed by atoms with E-state index in [1.807, 2.05) is 7.05 Å². The first-order valence-corrected chi connectivity index (χ1v) is 6.56. The molecule has 0 unspecified atom stereocenters. The molecule has 0 bridgehead atoms. The van der Waals surface area contributed by atoms with Crippen LogP contribution in [0.15, 0.2) is 30.3 Å². The maximum atomic E-state index is 6.00. The molecule has 3 nitrogen and oxygen atoms in total. The van der Waals surface area contributed by atoms with Crippen molar-refractivity contribution in [2.75, 3.05) is 5.73 Å². The van der Waals surface area contributed by atoms with Gasteiger partial charge in [-0.1, -0.05) is 37.3 Å². The molecule has 2 aromatic rings. The lowest BCUT2D eigenvalue weighted by Crippen LogP contribution is -1.98. The minimum absolute atomic E-state index is 0.812. The fourth-order valence-corrected chi connectivity index (χ4v) is 2.33. The summed E-state index contributed by atoms with van der Waals surface area (Å²) >= 11 is 0.